The lowest BCUT2D eigenvalue weighted by molar-refractivity contribution is 0.388. The maximum atomic E-state index is 13.6. The number of aromatic nitrogens is 2. The van der Waals surface area contributed by atoms with E-state index in [1.807, 2.05) is 14.1 Å². The molecule has 0 atom stereocenters. The minimum Gasteiger partial charge on any atom is -0.369 e. The maximum absolute atomic E-state index is 13.6. The summed E-state index contributed by atoms with van der Waals surface area (Å²) in [5, 5.41) is 0. The van der Waals surface area contributed by atoms with Crippen LogP contribution in [0.15, 0.2) is 12.1 Å². The molecule has 2 aromatic rings. The van der Waals surface area contributed by atoms with Crippen LogP contribution in [0.4, 0.5) is 14.7 Å². The zero-order valence-corrected chi connectivity index (χ0v) is 11.2. The zero-order chi connectivity index (χ0) is 14.0. The Balaban J connectivity index is 2.20. The number of benzene rings is 1. The van der Waals surface area contributed by atoms with Gasteiger partial charge in [0.25, 0.3) is 0 Å². The van der Waals surface area contributed by atoms with Crippen molar-refractivity contribution in [1.82, 2.24) is 14.5 Å². The molecule has 0 aliphatic heterocycles. The summed E-state index contributed by atoms with van der Waals surface area (Å²) >= 11 is 0. The average molecular weight is 268 g/mol. The molecule has 104 valence electrons. The van der Waals surface area contributed by atoms with Crippen molar-refractivity contribution < 1.29 is 8.78 Å². The molecule has 4 nitrogen and oxygen atoms in total. The molecule has 0 aliphatic carbocycles. The van der Waals surface area contributed by atoms with Crippen LogP contribution in [-0.4, -0.2) is 35.1 Å². The van der Waals surface area contributed by atoms with Crippen LogP contribution >= 0.6 is 0 Å². The monoisotopic (exact) mass is 268 g/mol. The fourth-order valence-corrected chi connectivity index (χ4v) is 2.10. The molecule has 0 spiro atoms. The maximum Gasteiger partial charge on any atom is 0.201 e. The zero-order valence-electron chi connectivity index (χ0n) is 11.2. The number of rotatable bonds is 5. The number of nitrogens with zero attached hydrogens (tertiary/aromatic N) is 3. The third-order valence-electron chi connectivity index (χ3n) is 3.04. The number of imidazole rings is 1. The molecule has 0 amide bonds. The van der Waals surface area contributed by atoms with Crippen LogP contribution in [0.3, 0.4) is 0 Å². The summed E-state index contributed by atoms with van der Waals surface area (Å²) in [5.74, 6) is -1.06. The van der Waals surface area contributed by atoms with E-state index in [2.05, 4.69) is 9.88 Å². The second kappa shape index (κ2) is 5.52. The molecule has 0 aliphatic rings. The highest BCUT2D eigenvalue weighted by atomic mass is 19.1. The predicted octanol–water partition coefficient (Wildman–Crippen LogP) is 2.24. The van der Waals surface area contributed by atoms with E-state index in [1.54, 1.807) is 4.57 Å². The molecular formula is C13H18F2N4. The van der Waals surface area contributed by atoms with Crippen LogP contribution in [0.2, 0.25) is 0 Å². The number of fused-ring (bicyclic) bond motifs is 1. The van der Waals surface area contributed by atoms with Crippen LogP contribution in [0.1, 0.15) is 12.8 Å². The van der Waals surface area contributed by atoms with Crippen LogP contribution in [-0.2, 0) is 6.54 Å². The molecule has 0 unspecified atom stereocenters. The predicted molar refractivity (Wildman–Crippen MR) is 71.8 cm³/mol. The van der Waals surface area contributed by atoms with E-state index in [0.29, 0.717) is 12.1 Å². The summed E-state index contributed by atoms with van der Waals surface area (Å²) in [6, 6.07) is 2.10. The fourth-order valence-electron chi connectivity index (χ4n) is 2.10. The number of halogens is 2. The van der Waals surface area contributed by atoms with Crippen LogP contribution in [0.5, 0.6) is 0 Å². The Morgan fingerprint density at radius 2 is 2.00 bits per heavy atom. The van der Waals surface area contributed by atoms with Gasteiger partial charge in [-0.2, -0.15) is 0 Å². The first kappa shape index (κ1) is 13.7. The minimum absolute atomic E-state index is 0.131. The molecule has 2 rings (SSSR count). The second-order valence-corrected chi connectivity index (χ2v) is 4.89. The van der Waals surface area contributed by atoms with Gasteiger partial charge in [-0.1, -0.05) is 0 Å². The molecule has 0 saturated heterocycles. The van der Waals surface area contributed by atoms with Crippen molar-refractivity contribution in [1.29, 1.82) is 0 Å². The van der Waals surface area contributed by atoms with Crippen LogP contribution in [0, 0.1) is 11.6 Å². The topological polar surface area (TPSA) is 47.1 Å². The minimum atomic E-state index is -0.672. The van der Waals surface area contributed by atoms with E-state index in [-0.39, 0.29) is 11.5 Å². The van der Waals surface area contributed by atoms with E-state index in [1.165, 1.54) is 6.07 Å². The third-order valence-corrected chi connectivity index (χ3v) is 3.04. The highest BCUT2D eigenvalue weighted by Crippen LogP contribution is 2.22. The summed E-state index contributed by atoms with van der Waals surface area (Å²) in [7, 11) is 4.01. The lowest BCUT2D eigenvalue weighted by Gasteiger charge is -2.10. The second-order valence-electron chi connectivity index (χ2n) is 4.89. The van der Waals surface area contributed by atoms with E-state index in [4.69, 9.17) is 5.73 Å². The molecule has 6 heteroatoms. The summed E-state index contributed by atoms with van der Waals surface area (Å²) in [6.45, 7) is 1.58. The molecule has 0 saturated carbocycles. The van der Waals surface area contributed by atoms with E-state index in [0.717, 1.165) is 25.5 Å². The van der Waals surface area contributed by atoms with Crippen molar-refractivity contribution in [3.05, 3.63) is 23.8 Å². The third kappa shape index (κ3) is 3.01. The molecule has 0 radical (unpaired) electrons. The molecule has 1 heterocycles. The number of hydrogen-bond acceptors (Lipinski definition) is 3. The van der Waals surface area contributed by atoms with Gasteiger partial charge in [0.15, 0.2) is 5.82 Å². The Bertz CT molecular complexity index is 578. The van der Waals surface area contributed by atoms with Gasteiger partial charge < -0.3 is 15.2 Å². The number of unbranched alkanes of at least 4 members (excludes halogenated alkanes) is 1. The summed E-state index contributed by atoms with van der Waals surface area (Å²) < 4.78 is 28.5. The van der Waals surface area contributed by atoms with Crippen molar-refractivity contribution in [2.45, 2.75) is 19.4 Å². The van der Waals surface area contributed by atoms with Crippen molar-refractivity contribution in [2.24, 2.45) is 0 Å². The Hall–Kier alpha value is -1.69. The smallest absolute Gasteiger partial charge is 0.201 e. The normalized spacial score (nSPS) is 11.6. The van der Waals surface area contributed by atoms with Gasteiger partial charge in [0.2, 0.25) is 5.95 Å². The highest BCUT2D eigenvalue weighted by Gasteiger charge is 2.13. The molecule has 0 fully saturated rings. The lowest BCUT2D eigenvalue weighted by Crippen LogP contribution is -2.13. The molecule has 19 heavy (non-hydrogen) atoms. The van der Waals surface area contributed by atoms with Gasteiger partial charge in [0.1, 0.15) is 11.3 Å². The first-order valence-electron chi connectivity index (χ1n) is 6.24. The highest BCUT2D eigenvalue weighted by molar-refractivity contribution is 5.79. The molecule has 1 aromatic carbocycles. The first-order valence-corrected chi connectivity index (χ1v) is 6.24. The van der Waals surface area contributed by atoms with Gasteiger partial charge >= 0.3 is 0 Å². The Labute approximate surface area is 110 Å². The van der Waals surface area contributed by atoms with Gasteiger partial charge in [0, 0.05) is 18.7 Å². The number of anilines is 1. The molecule has 1 aromatic heterocycles. The van der Waals surface area contributed by atoms with Crippen LogP contribution < -0.4 is 5.73 Å². The molecular weight excluding hydrogens is 250 g/mol. The van der Waals surface area contributed by atoms with Gasteiger partial charge in [-0.05, 0) is 33.5 Å². The first-order chi connectivity index (χ1) is 8.99. The van der Waals surface area contributed by atoms with Crippen molar-refractivity contribution >= 4 is 17.0 Å². The lowest BCUT2D eigenvalue weighted by atomic mass is 10.2. The van der Waals surface area contributed by atoms with Crippen molar-refractivity contribution in [2.75, 3.05) is 26.4 Å². The van der Waals surface area contributed by atoms with Gasteiger partial charge in [-0.3, -0.25) is 0 Å². The van der Waals surface area contributed by atoms with Gasteiger partial charge in [-0.25, -0.2) is 13.8 Å². The SMILES string of the molecule is CN(C)CCCCn1c(N)nc2c(F)cc(F)cc21. The molecule has 2 N–H and O–H groups in total. The Morgan fingerprint density at radius 1 is 1.26 bits per heavy atom. The van der Waals surface area contributed by atoms with E-state index >= 15 is 0 Å². The van der Waals surface area contributed by atoms with Gasteiger partial charge in [0.05, 0.1) is 5.52 Å². The number of nitrogen functional groups attached to an aromatic ring is 1. The van der Waals surface area contributed by atoms with Crippen molar-refractivity contribution in [3.63, 3.8) is 0 Å². The molecule has 0 bridgehead atoms. The fraction of sp³-hybridized carbons (Fsp3) is 0.462. The van der Waals surface area contributed by atoms with Crippen LogP contribution in [0.25, 0.3) is 11.0 Å². The number of nitrogens with two attached hydrogens (primary N) is 1. The number of aryl methyl sites for hydroxylation is 1. The largest absolute Gasteiger partial charge is 0.369 e. The van der Waals surface area contributed by atoms with Crippen molar-refractivity contribution in [3.8, 4) is 0 Å². The Kier molecular flexibility index (Phi) is 3.99. The van der Waals surface area contributed by atoms with E-state index in [9.17, 15) is 8.78 Å². The standard InChI is InChI=1S/C13H18F2N4/c1-18(2)5-3-4-6-19-11-8-9(14)7-10(15)12(11)17-13(19)16/h7-8H,3-6H2,1-2H3,(H2,16,17). The summed E-state index contributed by atoms with van der Waals surface area (Å²) in [5.41, 5.74) is 6.31. The van der Waals surface area contributed by atoms with Gasteiger partial charge in [-0.15, -0.1) is 0 Å². The average Bonchev–Trinajstić information content (AvgIpc) is 2.62. The summed E-state index contributed by atoms with van der Waals surface area (Å²) in [6.07, 6.45) is 1.87. The Morgan fingerprint density at radius 3 is 2.68 bits per heavy atom. The van der Waals surface area contributed by atoms with E-state index < -0.39 is 11.6 Å². The number of hydrogen-bond donors (Lipinski definition) is 1. The quantitative estimate of drug-likeness (QED) is 0.846. The summed E-state index contributed by atoms with van der Waals surface area (Å²) in [4.78, 5) is 6.05.